The first-order valence-electron chi connectivity index (χ1n) is 8.73. The highest BCUT2D eigenvalue weighted by atomic mass is 19.1. The minimum absolute atomic E-state index is 0.0961. The van der Waals surface area contributed by atoms with Gasteiger partial charge in [0.05, 0.1) is 16.9 Å². The van der Waals surface area contributed by atoms with Gasteiger partial charge in [0.2, 0.25) is 0 Å². The lowest BCUT2D eigenvalue weighted by Gasteiger charge is -2.15. The normalized spacial score (nSPS) is 14.2. The predicted octanol–water partition coefficient (Wildman–Crippen LogP) is 3.11. The highest BCUT2D eigenvalue weighted by molar-refractivity contribution is 5.97. The lowest BCUT2D eigenvalue weighted by Crippen LogP contribution is -2.27. The summed E-state index contributed by atoms with van der Waals surface area (Å²) >= 11 is 0. The maximum Gasteiger partial charge on any atom is 0.261 e. The molecule has 5 nitrogen and oxygen atoms in total. The molecule has 27 heavy (non-hydrogen) atoms. The van der Waals surface area contributed by atoms with Crippen molar-refractivity contribution in [1.82, 2.24) is 14.9 Å². The Morgan fingerprint density at radius 1 is 1.22 bits per heavy atom. The smallest absolute Gasteiger partial charge is 0.261 e. The Morgan fingerprint density at radius 2 is 2.04 bits per heavy atom. The van der Waals surface area contributed by atoms with Gasteiger partial charge in [-0.05, 0) is 37.6 Å². The van der Waals surface area contributed by atoms with E-state index in [1.807, 2.05) is 0 Å². The van der Waals surface area contributed by atoms with Gasteiger partial charge in [-0.15, -0.1) is 0 Å². The van der Waals surface area contributed by atoms with Gasteiger partial charge in [-0.25, -0.2) is 13.8 Å². The molecule has 0 saturated heterocycles. The first-order valence-corrected chi connectivity index (χ1v) is 8.73. The molecule has 7 heteroatoms. The van der Waals surface area contributed by atoms with Crippen molar-refractivity contribution in [2.75, 3.05) is 0 Å². The van der Waals surface area contributed by atoms with Crippen LogP contribution in [0.4, 0.5) is 8.78 Å². The van der Waals surface area contributed by atoms with E-state index in [2.05, 4.69) is 10.3 Å². The molecule has 1 amide bonds. The van der Waals surface area contributed by atoms with Crippen LogP contribution >= 0.6 is 0 Å². The van der Waals surface area contributed by atoms with Crippen LogP contribution in [0.15, 0.2) is 41.2 Å². The van der Waals surface area contributed by atoms with Gasteiger partial charge in [-0.3, -0.25) is 14.2 Å². The molecule has 0 fully saturated rings. The standard InChI is InChI=1S/C20H17F2N3O2/c1-11(14-7-5-13(21)10-16(14)22)23-19(26)12-4-6-15-17(9-12)24-18-3-2-8-25(18)20(15)27/h4-7,9-11H,2-3,8H2,1H3,(H,23,26). The third kappa shape index (κ3) is 3.09. The number of halogens is 2. The predicted molar refractivity (Wildman–Crippen MR) is 96.6 cm³/mol. The van der Waals surface area contributed by atoms with Gasteiger partial charge in [0.15, 0.2) is 0 Å². The summed E-state index contributed by atoms with van der Waals surface area (Å²) in [5.74, 6) is -1.08. The molecule has 1 unspecified atom stereocenters. The van der Waals surface area contributed by atoms with Gasteiger partial charge in [-0.2, -0.15) is 0 Å². The number of amides is 1. The van der Waals surface area contributed by atoms with Gasteiger partial charge in [0.1, 0.15) is 17.5 Å². The monoisotopic (exact) mass is 369 g/mol. The van der Waals surface area contributed by atoms with Crippen molar-refractivity contribution in [3.8, 4) is 0 Å². The quantitative estimate of drug-likeness (QED) is 0.772. The van der Waals surface area contributed by atoms with Gasteiger partial charge in [0.25, 0.3) is 11.5 Å². The Hall–Kier alpha value is -3.09. The zero-order chi connectivity index (χ0) is 19.1. The lowest BCUT2D eigenvalue weighted by atomic mass is 10.1. The molecule has 1 aromatic heterocycles. The van der Waals surface area contributed by atoms with Gasteiger partial charge in [-0.1, -0.05) is 6.07 Å². The van der Waals surface area contributed by atoms with Gasteiger partial charge in [0, 0.05) is 30.2 Å². The van der Waals surface area contributed by atoms with Crippen LogP contribution in [0, 0.1) is 11.6 Å². The molecule has 2 heterocycles. The molecule has 0 bridgehead atoms. The Kier molecular flexibility index (Phi) is 4.22. The number of hydrogen-bond acceptors (Lipinski definition) is 3. The summed E-state index contributed by atoms with van der Waals surface area (Å²) in [5.41, 5.74) is 0.897. The van der Waals surface area contributed by atoms with E-state index in [1.54, 1.807) is 29.7 Å². The maximum absolute atomic E-state index is 13.9. The fourth-order valence-electron chi connectivity index (χ4n) is 3.44. The number of aryl methyl sites for hydroxylation is 1. The van der Waals surface area contributed by atoms with Crippen LogP contribution in [0.3, 0.4) is 0 Å². The fourth-order valence-corrected chi connectivity index (χ4v) is 3.44. The van der Waals surface area contributed by atoms with Crippen molar-refractivity contribution >= 4 is 16.8 Å². The molecular weight excluding hydrogens is 352 g/mol. The van der Waals surface area contributed by atoms with Gasteiger partial charge >= 0.3 is 0 Å². The summed E-state index contributed by atoms with van der Waals surface area (Å²) in [7, 11) is 0. The van der Waals surface area contributed by atoms with Crippen molar-refractivity contribution < 1.29 is 13.6 Å². The Labute approximate surface area is 153 Å². The van der Waals surface area contributed by atoms with Crippen molar-refractivity contribution in [1.29, 1.82) is 0 Å². The summed E-state index contributed by atoms with van der Waals surface area (Å²) in [6.07, 6.45) is 1.62. The number of aromatic nitrogens is 2. The summed E-state index contributed by atoms with van der Waals surface area (Å²) in [5, 5.41) is 3.16. The van der Waals surface area contributed by atoms with E-state index in [1.165, 1.54) is 6.07 Å². The molecule has 1 N–H and O–H groups in total. The second-order valence-electron chi connectivity index (χ2n) is 6.68. The van der Waals surface area contributed by atoms with Crippen LogP contribution in [0.25, 0.3) is 10.9 Å². The molecule has 1 aliphatic heterocycles. The molecule has 1 aliphatic rings. The van der Waals surface area contributed by atoms with E-state index >= 15 is 0 Å². The van der Waals surface area contributed by atoms with E-state index in [9.17, 15) is 18.4 Å². The molecule has 138 valence electrons. The van der Waals surface area contributed by atoms with Crippen LogP contribution in [-0.4, -0.2) is 15.5 Å². The largest absolute Gasteiger partial charge is 0.345 e. The third-order valence-electron chi connectivity index (χ3n) is 4.86. The minimum Gasteiger partial charge on any atom is -0.345 e. The van der Waals surface area contributed by atoms with Crippen molar-refractivity contribution in [2.24, 2.45) is 0 Å². The Balaban J connectivity index is 1.63. The Bertz CT molecular complexity index is 1120. The molecule has 0 aliphatic carbocycles. The van der Waals surface area contributed by atoms with E-state index in [-0.39, 0.29) is 11.1 Å². The second kappa shape index (κ2) is 6.57. The molecule has 0 spiro atoms. The lowest BCUT2D eigenvalue weighted by molar-refractivity contribution is 0.0939. The highest BCUT2D eigenvalue weighted by Crippen LogP contribution is 2.20. The first-order chi connectivity index (χ1) is 12.9. The van der Waals surface area contributed by atoms with Crippen LogP contribution in [0.1, 0.15) is 41.1 Å². The number of rotatable bonds is 3. The van der Waals surface area contributed by atoms with E-state index < -0.39 is 23.6 Å². The number of hydrogen-bond donors (Lipinski definition) is 1. The SMILES string of the molecule is CC(NC(=O)c1ccc2c(=O)n3c(nc2c1)CCC3)c1ccc(F)cc1F. The van der Waals surface area contributed by atoms with Crippen molar-refractivity contribution in [2.45, 2.75) is 32.4 Å². The molecule has 2 aromatic carbocycles. The van der Waals surface area contributed by atoms with E-state index in [0.29, 0.717) is 23.0 Å². The number of benzene rings is 2. The number of carbonyl (C=O) groups excluding carboxylic acids is 1. The van der Waals surface area contributed by atoms with Crippen LogP contribution in [-0.2, 0) is 13.0 Å². The van der Waals surface area contributed by atoms with E-state index in [4.69, 9.17) is 0 Å². The van der Waals surface area contributed by atoms with E-state index in [0.717, 1.165) is 30.8 Å². The number of fused-ring (bicyclic) bond motifs is 2. The van der Waals surface area contributed by atoms with Crippen LogP contribution in [0.2, 0.25) is 0 Å². The Morgan fingerprint density at radius 3 is 2.81 bits per heavy atom. The van der Waals surface area contributed by atoms with Crippen LogP contribution < -0.4 is 10.9 Å². The number of nitrogens with one attached hydrogen (secondary N) is 1. The minimum atomic E-state index is -0.716. The summed E-state index contributed by atoms with van der Waals surface area (Å²) in [6, 6.07) is 7.30. The third-order valence-corrected chi connectivity index (χ3v) is 4.86. The van der Waals surface area contributed by atoms with Crippen molar-refractivity contribution in [3.05, 3.63) is 75.3 Å². The summed E-state index contributed by atoms with van der Waals surface area (Å²) in [4.78, 5) is 29.5. The summed E-state index contributed by atoms with van der Waals surface area (Å²) in [6.45, 7) is 2.28. The summed E-state index contributed by atoms with van der Waals surface area (Å²) < 4.78 is 28.6. The molecule has 0 radical (unpaired) electrons. The average Bonchev–Trinajstić information content (AvgIpc) is 3.10. The molecule has 0 saturated carbocycles. The molecule has 1 atom stereocenters. The average molecular weight is 369 g/mol. The van der Waals surface area contributed by atoms with Crippen LogP contribution in [0.5, 0.6) is 0 Å². The second-order valence-corrected chi connectivity index (χ2v) is 6.68. The highest BCUT2D eigenvalue weighted by Gasteiger charge is 2.19. The number of carbonyl (C=O) groups is 1. The topological polar surface area (TPSA) is 64.0 Å². The molecule has 4 rings (SSSR count). The van der Waals surface area contributed by atoms with Crippen molar-refractivity contribution in [3.63, 3.8) is 0 Å². The molecular formula is C20H17F2N3O2. The molecule has 3 aromatic rings. The zero-order valence-electron chi connectivity index (χ0n) is 14.6. The maximum atomic E-state index is 13.9. The zero-order valence-corrected chi connectivity index (χ0v) is 14.6. The number of nitrogens with zero attached hydrogens (tertiary/aromatic N) is 2. The first kappa shape index (κ1) is 17.3. The van der Waals surface area contributed by atoms with Gasteiger partial charge < -0.3 is 5.32 Å². The fraction of sp³-hybridized carbons (Fsp3) is 0.250.